The Labute approximate surface area is 119 Å². The van der Waals surface area contributed by atoms with E-state index < -0.39 is 0 Å². The molecule has 0 aliphatic carbocycles. The quantitative estimate of drug-likeness (QED) is 0.870. The molecule has 1 aromatic rings. The lowest BCUT2D eigenvalue weighted by Gasteiger charge is -2.35. The standard InChI is InChI=1S/C14H20N4O2/c1-3-11-12(7-15)14(17-16-13(11)4-2)18-5-6-20-9-10(18)8-19/h10,19H,3-6,8-9H2,1-2H3. The van der Waals surface area contributed by atoms with Crippen molar-refractivity contribution in [3.63, 3.8) is 0 Å². The van der Waals surface area contributed by atoms with Crippen molar-refractivity contribution in [3.8, 4) is 6.07 Å². The maximum atomic E-state index is 9.50. The van der Waals surface area contributed by atoms with Crippen LogP contribution in [0.4, 0.5) is 5.82 Å². The highest BCUT2D eigenvalue weighted by molar-refractivity contribution is 5.59. The predicted octanol–water partition coefficient (Wildman–Crippen LogP) is 0.671. The Bertz CT molecular complexity index is 513. The molecule has 0 amide bonds. The highest BCUT2D eigenvalue weighted by Gasteiger charge is 2.27. The van der Waals surface area contributed by atoms with Gasteiger partial charge in [-0.05, 0) is 18.4 Å². The van der Waals surface area contributed by atoms with Gasteiger partial charge in [0.25, 0.3) is 0 Å². The first kappa shape index (κ1) is 14.7. The number of aliphatic hydroxyl groups excluding tert-OH is 1. The second-order valence-corrected chi connectivity index (χ2v) is 4.75. The number of anilines is 1. The lowest BCUT2D eigenvalue weighted by molar-refractivity contribution is 0.0721. The first-order chi connectivity index (χ1) is 9.76. The van der Waals surface area contributed by atoms with Crippen LogP contribution in [0.3, 0.4) is 0 Å². The summed E-state index contributed by atoms with van der Waals surface area (Å²) in [6, 6.07) is 2.10. The van der Waals surface area contributed by atoms with Gasteiger partial charge in [0.1, 0.15) is 11.6 Å². The molecule has 1 fully saturated rings. The van der Waals surface area contributed by atoms with E-state index in [0.717, 1.165) is 24.1 Å². The molecule has 1 aliphatic rings. The second kappa shape index (κ2) is 6.64. The van der Waals surface area contributed by atoms with Gasteiger partial charge >= 0.3 is 0 Å². The van der Waals surface area contributed by atoms with Crippen molar-refractivity contribution in [1.82, 2.24) is 10.2 Å². The highest BCUT2D eigenvalue weighted by Crippen LogP contribution is 2.25. The van der Waals surface area contributed by atoms with E-state index in [9.17, 15) is 10.4 Å². The van der Waals surface area contributed by atoms with Gasteiger partial charge < -0.3 is 14.7 Å². The summed E-state index contributed by atoms with van der Waals surface area (Å²) in [5.74, 6) is 0.573. The number of hydrogen-bond donors (Lipinski definition) is 1. The van der Waals surface area contributed by atoms with Gasteiger partial charge in [-0.15, -0.1) is 5.10 Å². The van der Waals surface area contributed by atoms with E-state index in [-0.39, 0.29) is 12.6 Å². The van der Waals surface area contributed by atoms with Crippen LogP contribution >= 0.6 is 0 Å². The lowest BCUT2D eigenvalue weighted by Crippen LogP contribution is -2.48. The van der Waals surface area contributed by atoms with Crippen molar-refractivity contribution in [2.75, 3.05) is 31.3 Å². The summed E-state index contributed by atoms with van der Waals surface area (Å²) >= 11 is 0. The molecule has 1 unspecified atom stereocenters. The molecule has 6 nitrogen and oxygen atoms in total. The number of aromatic nitrogens is 2. The summed E-state index contributed by atoms with van der Waals surface area (Å²) in [7, 11) is 0. The normalized spacial score (nSPS) is 18.9. The Morgan fingerprint density at radius 3 is 2.80 bits per heavy atom. The number of aryl methyl sites for hydroxylation is 1. The fraction of sp³-hybridized carbons (Fsp3) is 0.643. The molecule has 0 bridgehead atoms. The van der Waals surface area contributed by atoms with E-state index in [4.69, 9.17) is 4.74 Å². The van der Waals surface area contributed by atoms with Gasteiger partial charge in [0.2, 0.25) is 0 Å². The van der Waals surface area contributed by atoms with Gasteiger partial charge in [-0.1, -0.05) is 13.8 Å². The number of hydrogen-bond acceptors (Lipinski definition) is 6. The molecule has 1 atom stereocenters. The van der Waals surface area contributed by atoms with Crippen LogP contribution in [0.1, 0.15) is 30.7 Å². The molecular formula is C14H20N4O2. The Morgan fingerprint density at radius 1 is 1.40 bits per heavy atom. The summed E-state index contributed by atoms with van der Waals surface area (Å²) < 4.78 is 5.37. The molecule has 0 saturated carbocycles. The van der Waals surface area contributed by atoms with Gasteiger partial charge in [0.15, 0.2) is 5.82 Å². The van der Waals surface area contributed by atoms with Crippen molar-refractivity contribution in [2.24, 2.45) is 0 Å². The van der Waals surface area contributed by atoms with Gasteiger partial charge in [-0.25, -0.2) is 0 Å². The van der Waals surface area contributed by atoms with E-state index in [2.05, 4.69) is 16.3 Å². The van der Waals surface area contributed by atoms with Crippen LogP contribution in [-0.4, -0.2) is 47.7 Å². The van der Waals surface area contributed by atoms with E-state index in [1.807, 2.05) is 18.7 Å². The SMILES string of the molecule is CCc1nnc(N2CCOCC2CO)c(C#N)c1CC. The van der Waals surface area contributed by atoms with Crippen molar-refractivity contribution in [3.05, 3.63) is 16.8 Å². The smallest absolute Gasteiger partial charge is 0.170 e. The molecule has 20 heavy (non-hydrogen) atoms. The number of nitriles is 1. The molecule has 0 aromatic carbocycles. The fourth-order valence-corrected chi connectivity index (χ4v) is 2.57. The largest absolute Gasteiger partial charge is 0.394 e. The number of nitrogens with zero attached hydrogens (tertiary/aromatic N) is 4. The molecule has 0 radical (unpaired) electrons. The van der Waals surface area contributed by atoms with Crippen LogP contribution in [0, 0.1) is 11.3 Å². The van der Waals surface area contributed by atoms with Gasteiger partial charge in [0.05, 0.1) is 31.6 Å². The summed E-state index contributed by atoms with van der Waals surface area (Å²) in [6.45, 7) is 5.63. The highest BCUT2D eigenvalue weighted by atomic mass is 16.5. The third-order valence-electron chi connectivity index (χ3n) is 3.65. The van der Waals surface area contributed by atoms with E-state index in [0.29, 0.717) is 31.1 Å². The monoisotopic (exact) mass is 276 g/mol. The number of ether oxygens (including phenoxy) is 1. The molecule has 1 N–H and O–H groups in total. The van der Waals surface area contributed by atoms with Crippen LogP contribution in [0.5, 0.6) is 0 Å². The minimum absolute atomic E-state index is 0.0243. The van der Waals surface area contributed by atoms with E-state index in [1.54, 1.807) is 0 Å². The van der Waals surface area contributed by atoms with Crippen LogP contribution in [0.25, 0.3) is 0 Å². The lowest BCUT2D eigenvalue weighted by atomic mass is 10.0. The zero-order valence-corrected chi connectivity index (χ0v) is 12.0. The molecule has 0 spiro atoms. The Morgan fingerprint density at radius 2 is 2.20 bits per heavy atom. The number of aliphatic hydroxyl groups is 1. The van der Waals surface area contributed by atoms with E-state index >= 15 is 0 Å². The second-order valence-electron chi connectivity index (χ2n) is 4.75. The summed E-state index contributed by atoms with van der Waals surface area (Å²) in [4.78, 5) is 1.94. The van der Waals surface area contributed by atoms with Crippen molar-refractivity contribution < 1.29 is 9.84 Å². The molecule has 6 heteroatoms. The zero-order chi connectivity index (χ0) is 14.5. The van der Waals surface area contributed by atoms with Crippen LogP contribution in [-0.2, 0) is 17.6 Å². The fourth-order valence-electron chi connectivity index (χ4n) is 2.57. The average molecular weight is 276 g/mol. The van der Waals surface area contributed by atoms with Gasteiger partial charge in [0, 0.05) is 6.54 Å². The Hall–Kier alpha value is -1.71. The molecule has 1 saturated heterocycles. The van der Waals surface area contributed by atoms with Crippen molar-refractivity contribution >= 4 is 5.82 Å². The first-order valence-corrected chi connectivity index (χ1v) is 7.00. The zero-order valence-electron chi connectivity index (χ0n) is 12.0. The maximum absolute atomic E-state index is 9.50. The van der Waals surface area contributed by atoms with Crippen molar-refractivity contribution in [1.29, 1.82) is 5.26 Å². The molecule has 2 heterocycles. The molecule has 108 valence electrons. The van der Waals surface area contributed by atoms with Crippen LogP contribution in [0.2, 0.25) is 0 Å². The third kappa shape index (κ3) is 2.60. The number of morpholine rings is 1. The Kier molecular flexibility index (Phi) is 4.88. The molecule has 2 rings (SSSR count). The topological polar surface area (TPSA) is 82.3 Å². The average Bonchev–Trinajstić information content (AvgIpc) is 2.53. The first-order valence-electron chi connectivity index (χ1n) is 7.00. The summed E-state index contributed by atoms with van der Waals surface area (Å²) in [5.41, 5.74) is 2.42. The van der Waals surface area contributed by atoms with Gasteiger partial charge in [-0.2, -0.15) is 10.4 Å². The minimum Gasteiger partial charge on any atom is -0.394 e. The predicted molar refractivity (Wildman–Crippen MR) is 74.5 cm³/mol. The molecular weight excluding hydrogens is 256 g/mol. The molecule has 1 aliphatic heterocycles. The maximum Gasteiger partial charge on any atom is 0.170 e. The minimum atomic E-state index is -0.165. The third-order valence-corrected chi connectivity index (χ3v) is 3.65. The summed E-state index contributed by atoms with van der Waals surface area (Å²) in [6.07, 6.45) is 1.51. The molecule has 1 aromatic heterocycles. The van der Waals surface area contributed by atoms with Crippen LogP contribution < -0.4 is 4.90 Å². The van der Waals surface area contributed by atoms with Gasteiger partial charge in [-0.3, -0.25) is 0 Å². The van der Waals surface area contributed by atoms with E-state index in [1.165, 1.54) is 0 Å². The van der Waals surface area contributed by atoms with Crippen LogP contribution in [0.15, 0.2) is 0 Å². The summed E-state index contributed by atoms with van der Waals surface area (Å²) in [5, 5.41) is 27.5. The van der Waals surface area contributed by atoms with Crippen molar-refractivity contribution in [2.45, 2.75) is 32.7 Å². The number of rotatable bonds is 4. The Balaban J connectivity index is 2.48.